The minimum atomic E-state index is -0.491. The number of nitrogens with zero attached hydrogens (tertiary/aromatic N) is 4. The fourth-order valence-electron chi connectivity index (χ4n) is 2.79. The van der Waals surface area contributed by atoms with Crippen LogP contribution in [-0.2, 0) is 4.79 Å². The number of thiazole rings is 1. The van der Waals surface area contributed by atoms with Crippen molar-refractivity contribution in [2.45, 2.75) is 0 Å². The normalized spacial score (nSPS) is 11.4. The minimum absolute atomic E-state index is 0.0377. The Bertz CT molecular complexity index is 1330. The number of non-ortho nitro benzene ring substituents is 1. The molecule has 4 rings (SSSR count). The summed E-state index contributed by atoms with van der Waals surface area (Å²) in [6, 6.07) is 19.3. The number of halogens is 1. The first kappa shape index (κ1) is 21.0. The molecule has 3 aromatic carbocycles. The lowest BCUT2D eigenvalue weighted by Gasteiger charge is -2.11. The summed E-state index contributed by atoms with van der Waals surface area (Å²) >= 11 is 1.14. The quantitative estimate of drug-likeness (QED) is 0.171. The third-order valence-electron chi connectivity index (χ3n) is 4.37. The van der Waals surface area contributed by atoms with Gasteiger partial charge in [-0.1, -0.05) is 41.7 Å². The first-order valence-corrected chi connectivity index (χ1v) is 10.2. The summed E-state index contributed by atoms with van der Waals surface area (Å²) in [6.45, 7) is 0. The maximum Gasteiger partial charge on any atom is 0.273 e. The zero-order valence-electron chi connectivity index (χ0n) is 16.5. The number of hydrogen-bond donors (Lipinski definition) is 0. The molecular weight excluding hydrogens is 431 g/mol. The largest absolute Gasteiger partial charge is 0.273 e. The van der Waals surface area contributed by atoms with Crippen LogP contribution in [0, 0.1) is 15.9 Å². The first-order valence-electron chi connectivity index (χ1n) is 9.41. The molecule has 0 saturated carbocycles. The second kappa shape index (κ2) is 9.27. The average Bonchev–Trinajstić information content (AvgIpc) is 3.21. The topological polar surface area (TPSA) is 88.7 Å². The van der Waals surface area contributed by atoms with Gasteiger partial charge in [0.05, 0.1) is 21.4 Å². The van der Waals surface area contributed by atoms with E-state index >= 15 is 0 Å². The maximum atomic E-state index is 13.6. The summed E-state index contributed by atoms with van der Waals surface area (Å²) in [4.78, 5) is 27.7. The standard InChI is InChI=1S/C23H15FN4O3S/c24-18-9-12-20-21(14-18)32-23(26-20)27(25-15-17-4-2-1-3-5-17)22(29)13-8-16-6-10-19(11-7-16)28(30)31/h1-15H/b13-8+,25-15+. The van der Waals surface area contributed by atoms with Crippen LogP contribution in [0.15, 0.2) is 84.0 Å². The molecule has 0 unspecified atom stereocenters. The summed E-state index contributed by atoms with van der Waals surface area (Å²) in [6.07, 6.45) is 4.37. The smallest absolute Gasteiger partial charge is 0.267 e. The SMILES string of the molecule is O=C(/C=C/c1ccc([N+](=O)[O-])cc1)N(/N=C/c1ccccc1)c1nc2ccc(F)cc2s1. The molecule has 0 radical (unpaired) electrons. The molecule has 32 heavy (non-hydrogen) atoms. The van der Waals surface area contributed by atoms with Crippen molar-refractivity contribution >= 4 is 50.6 Å². The van der Waals surface area contributed by atoms with Crippen molar-refractivity contribution < 1.29 is 14.1 Å². The van der Waals surface area contributed by atoms with Crippen LogP contribution in [0.2, 0.25) is 0 Å². The van der Waals surface area contributed by atoms with E-state index in [0.717, 1.165) is 21.9 Å². The van der Waals surface area contributed by atoms with Gasteiger partial charge in [0.1, 0.15) is 5.82 Å². The lowest BCUT2D eigenvalue weighted by molar-refractivity contribution is -0.384. The van der Waals surface area contributed by atoms with Crippen LogP contribution in [0.3, 0.4) is 0 Å². The van der Waals surface area contributed by atoms with Gasteiger partial charge in [-0.05, 0) is 47.5 Å². The van der Waals surface area contributed by atoms with Gasteiger partial charge < -0.3 is 0 Å². The summed E-state index contributed by atoms with van der Waals surface area (Å²) in [5, 5.41) is 16.5. The van der Waals surface area contributed by atoms with Crippen molar-refractivity contribution in [3.8, 4) is 0 Å². The number of hydrazone groups is 1. The number of nitro benzene ring substituents is 1. The third kappa shape index (κ3) is 4.90. The molecule has 0 bridgehead atoms. The second-order valence-electron chi connectivity index (χ2n) is 6.60. The molecule has 0 atom stereocenters. The highest BCUT2D eigenvalue weighted by atomic mass is 32.1. The highest BCUT2D eigenvalue weighted by Crippen LogP contribution is 2.30. The van der Waals surface area contributed by atoms with E-state index in [0.29, 0.717) is 15.8 Å². The molecule has 4 aromatic rings. The van der Waals surface area contributed by atoms with E-state index in [4.69, 9.17) is 0 Å². The Labute approximate surface area is 185 Å². The van der Waals surface area contributed by atoms with Crippen molar-refractivity contribution in [3.05, 3.63) is 106 Å². The average molecular weight is 446 g/mol. The van der Waals surface area contributed by atoms with Crippen LogP contribution in [0.5, 0.6) is 0 Å². The number of anilines is 1. The molecule has 1 heterocycles. The molecule has 0 aliphatic heterocycles. The lowest BCUT2D eigenvalue weighted by atomic mass is 10.2. The fraction of sp³-hybridized carbons (Fsp3) is 0. The number of carbonyl (C=O) groups excluding carboxylic acids is 1. The molecule has 0 spiro atoms. The first-order chi connectivity index (χ1) is 15.5. The molecule has 7 nitrogen and oxygen atoms in total. The summed E-state index contributed by atoms with van der Waals surface area (Å²) in [5.41, 5.74) is 1.92. The monoisotopic (exact) mass is 446 g/mol. The fourth-order valence-corrected chi connectivity index (χ4v) is 3.74. The zero-order chi connectivity index (χ0) is 22.5. The van der Waals surface area contributed by atoms with Crippen LogP contribution in [0.25, 0.3) is 16.3 Å². The summed E-state index contributed by atoms with van der Waals surface area (Å²) < 4.78 is 14.2. The minimum Gasteiger partial charge on any atom is -0.267 e. The molecular formula is C23H15FN4O3S. The molecule has 0 fully saturated rings. The predicted molar refractivity (Wildman–Crippen MR) is 123 cm³/mol. The van der Waals surface area contributed by atoms with Crippen LogP contribution in [-0.4, -0.2) is 22.0 Å². The molecule has 158 valence electrons. The number of aromatic nitrogens is 1. The van der Waals surface area contributed by atoms with E-state index in [1.807, 2.05) is 30.3 Å². The van der Waals surface area contributed by atoms with Gasteiger partial charge >= 0.3 is 0 Å². The number of carbonyl (C=O) groups is 1. The van der Waals surface area contributed by atoms with E-state index in [9.17, 15) is 19.3 Å². The van der Waals surface area contributed by atoms with Crippen LogP contribution in [0.4, 0.5) is 15.2 Å². The Kier molecular flexibility index (Phi) is 6.09. The van der Waals surface area contributed by atoms with Crippen LogP contribution < -0.4 is 5.01 Å². The number of nitro groups is 1. The van der Waals surface area contributed by atoms with E-state index < -0.39 is 16.6 Å². The third-order valence-corrected chi connectivity index (χ3v) is 5.37. The number of fused-ring (bicyclic) bond motifs is 1. The zero-order valence-corrected chi connectivity index (χ0v) is 17.3. The lowest BCUT2D eigenvalue weighted by Crippen LogP contribution is -2.23. The van der Waals surface area contributed by atoms with E-state index in [1.165, 1.54) is 42.6 Å². The predicted octanol–water partition coefficient (Wildman–Crippen LogP) is 5.42. The molecule has 0 saturated heterocycles. The number of amides is 1. The molecule has 0 aliphatic rings. The Balaban J connectivity index is 1.64. The van der Waals surface area contributed by atoms with Gasteiger partial charge in [0.2, 0.25) is 5.13 Å². The van der Waals surface area contributed by atoms with Gasteiger partial charge in [0.25, 0.3) is 11.6 Å². The van der Waals surface area contributed by atoms with Crippen molar-refractivity contribution in [3.63, 3.8) is 0 Å². The molecule has 1 aromatic heterocycles. The second-order valence-corrected chi connectivity index (χ2v) is 7.60. The number of rotatable bonds is 6. The number of benzene rings is 3. The Morgan fingerprint density at radius 1 is 1.06 bits per heavy atom. The Morgan fingerprint density at radius 2 is 1.81 bits per heavy atom. The van der Waals surface area contributed by atoms with Crippen molar-refractivity contribution in [2.75, 3.05) is 5.01 Å². The van der Waals surface area contributed by atoms with Crippen molar-refractivity contribution in [1.82, 2.24) is 4.98 Å². The highest BCUT2D eigenvalue weighted by molar-refractivity contribution is 7.22. The summed E-state index contributed by atoms with van der Waals surface area (Å²) in [7, 11) is 0. The maximum absolute atomic E-state index is 13.6. The molecule has 0 N–H and O–H groups in total. The van der Waals surface area contributed by atoms with Gasteiger partial charge in [-0.3, -0.25) is 14.9 Å². The Hall–Kier alpha value is -4.24. The molecule has 1 amide bonds. The Morgan fingerprint density at radius 3 is 2.53 bits per heavy atom. The molecule has 0 aliphatic carbocycles. The number of hydrogen-bond acceptors (Lipinski definition) is 6. The van der Waals surface area contributed by atoms with Gasteiger partial charge in [0, 0.05) is 18.2 Å². The van der Waals surface area contributed by atoms with Crippen molar-refractivity contribution in [2.24, 2.45) is 5.10 Å². The van der Waals surface area contributed by atoms with Gasteiger partial charge in [0.15, 0.2) is 0 Å². The van der Waals surface area contributed by atoms with E-state index in [-0.39, 0.29) is 10.8 Å². The van der Waals surface area contributed by atoms with Gasteiger partial charge in [-0.2, -0.15) is 10.1 Å². The van der Waals surface area contributed by atoms with Gasteiger partial charge in [-0.15, -0.1) is 0 Å². The van der Waals surface area contributed by atoms with Crippen molar-refractivity contribution in [1.29, 1.82) is 0 Å². The highest BCUT2D eigenvalue weighted by Gasteiger charge is 2.17. The van der Waals surface area contributed by atoms with E-state index in [1.54, 1.807) is 18.2 Å². The molecule has 9 heteroatoms. The van der Waals surface area contributed by atoms with Gasteiger partial charge in [-0.25, -0.2) is 9.37 Å². The summed E-state index contributed by atoms with van der Waals surface area (Å²) in [5.74, 6) is -0.869. The van der Waals surface area contributed by atoms with Crippen LogP contribution in [0.1, 0.15) is 11.1 Å². The van der Waals surface area contributed by atoms with E-state index in [2.05, 4.69) is 10.1 Å². The van der Waals surface area contributed by atoms with Crippen LogP contribution >= 0.6 is 11.3 Å².